The van der Waals surface area contributed by atoms with E-state index in [2.05, 4.69) is 10.5 Å². The number of carbonyl (C=O) groups is 2. The van der Waals surface area contributed by atoms with Crippen LogP contribution in [-0.2, 0) is 16.1 Å². The number of esters is 1. The minimum absolute atomic E-state index is 0.0879. The number of nitrogens with zero attached hydrogens (tertiary/aromatic N) is 1. The Balaban J connectivity index is 1.38. The lowest BCUT2D eigenvalue weighted by atomic mass is 9.83. The highest BCUT2D eigenvalue weighted by atomic mass is 127. The molecule has 1 aliphatic carbocycles. The first-order chi connectivity index (χ1) is 16.4. The number of rotatable bonds is 7. The van der Waals surface area contributed by atoms with E-state index in [1.54, 1.807) is 19.1 Å². The largest absolute Gasteiger partial charge is 0.461 e. The molecule has 1 saturated carbocycles. The Morgan fingerprint density at radius 1 is 1.18 bits per heavy atom. The molecule has 1 aromatic heterocycles. The van der Waals surface area contributed by atoms with E-state index in [4.69, 9.17) is 9.26 Å². The van der Waals surface area contributed by atoms with Gasteiger partial charge in [0.05, 0.1) is 5.56 Å². The maximum atomic E-state index is 14.5. The molecule has 0 bridgehead atoms. The quantitative estimate of drug-likeness (QED) is 0.284. The number of hydrogen-bond donors (Lipinski definition) is 1. The van der Waals surface area contributed by atoms with Crippen LogP contribution in [0.4, 0.5) is 4.39 Å². The summed E-state index contributed by atoms with van der Waals surface area (Å²) < 4.78 is 25.9. The van der Waals surface area contributed by atoms with Crippen molar-refractivity contribution in [2.45, 2.75) is 51.7 Å². The van der Waals surface area contributed by atoms with Crippen molar-refractivity contribution < 1.29 is 23.2 Å². The van der Waals surface area contributed by atoms with Gasteiger partial charge in [-0.1, -0.05) is 48.0 Å². The molecule has 6 nitrogen and oxygen atoms in total. The zero-order valence-corrected chi connectivity index (χ0v) is 21.0. The van der Waals surface area contributed by atoms with Gasteiger partial charge in [-0.15, -0.1) is 0 Å². The van der Waals surface area contributed by atoms with Gasteiger partial charge in [-0.25, -0.2) is 4.39 Å². The Bertz CT molecular complexity index is 1140. The monoisotopic (exact) mass is 576 g/mol. The lowest BCUT2D eigenvalue weighted by molar-refractivity contribution is -0.146. The summed E-state index contributed by atoms with van der Waals surface area (Å²) in [5, 5.41) is 7.04. The van der Waals surface area contributed by atoms with Gasteiger partial charge in [0.15, 0.2) is 0 Å². The van der Waals surface area contributed by atoms with Crippen molar-refractivity contribution in [3.8, 4) is 11.3 Å². The number of amides is 1. The second-order valence-corrected chi connectivity index (χ2v) is 9.77. The first-order valence-corrected chi connectivity index (χ1v) is 12.4. The number of aromatic nitrogens is 1. The molecule has 2 atom stereocenters. The summed E-state index contributed by atoms with van der Waals surface area (Å²) >= 11 is 2.02. The molecule has 8 heteroatoms. The van der Waals surface area contributed by atoms with E-state index in [1.165, 1.54) is 6.07 Å². The van der Waals surface area contributed by atoms with Gasteiger partial charge in [0.2, 0.25) is 0 Å². The lowest BCUT2D eigenvalue weighted by Gasteiger charge is -2.29. The fourth-order valence-corrected chi connectivity index (χ4v) is 5.15. The Kier molecular flexibility index (Phi) is 7.97. The normalized spacial score (nSPS) is 17.9. The number of aryl methyl sites for hydroxylation is 1. The molecule has 178 valence electrons. The fraction of sp³-hybridized carbons (Fsp3) is 0.346. The van der Waals surface area contributed by atoms with Crippen molar-refractivity contribution >= 4 is 34.5 Å². The third-order valence-corrected chi connectivity index (χ3v) is 7.00. The van der Waals surface area contributed by atoms with Crippen LogP contribution >= 0.6 is 22.6 Å². The molecule has 1 amide bonds. The number of hydrogen-bond acceptors (Lipinski definition) is 5. The Morgan fingerprint density at radius 2 is 1.97 bits per heavy atom. The standard InChI is InChI=1S/C26H26FIN2O4/c1-16-23(25(30-34-16)24-20(27)11-6-12-21(24)28)26(32)29-19-10-5-9-18(13-19)14-22(31)33-15-17-7-3-2-4-8-17/h2-4,6-8,11-12,18-19H,5,9-10,13-15H2,1H3,(H,29,32). The third kappa shape index (κ3) is 5.84. The highest BCUT2D eigenvalue weighted by Gasteiger charge is 2.29. The summed E-state index contributed by atoms with van der Waals surface area (Å²) in [6.07, 6.45) is 3.64. The second-order valence-electron chi connectivity index (χ2n) is 8.61. The molecule has 1 N–H and O–H groups in total. The smallest absolute Gasteiger partial charge is 0.306 e. The Hall–Kier alpha value is -2.75. The van der Waals surface area contributed by atoms with Gasteiger partial charge in [-0.3, -0.25) is 9.59 Å². The summed E-state index contributed by atoms with van der Waals surface area (Å²) in [6, 6.07) is 14.2. The molecule has 1 heterocycles. The molecule has 2 unspecified atom stereocenters. The molecule has 1 aliphatic rings. The molecule has 0 saturated heterocycles. The van der Waals surface area contributed by atoms with Gasteiger partial charge in [0, 0.05) is 16.0 Å². The second kappa shape index (κ2) is 11.1. The van der Waals surface area contributed by atoms with Crippen LogP contribution in [0.25, 0.3) is 11.3 Å². The molecule has 4 rings (SSSR count). The maximum Gasteiger partial charge on any atom is 0.306 e. The van der Waals surface area contributed by atoms with Crippen LogP contribution in [0.1, 0.15) is 53.8 Å². The Labute approximate surface area is 211 Å². The Morgan fingerprint density at radius 3 is 2.74 bits per heavy atom. The molecule has 0 aliphatic heterocycles. The van der Waals surface area contributed by atoms with Gasteiger partial charge in [-0.2, -0.15) is 0 Å². The average molecular weight is 576 g/mol. The lowest BCUT2D eigenvalue weighted by Crippen LogP contribution is -2.39. The van der Waals surface area contributed by atoms with E-state index >= 15 is 0 Å². The van der Waals surface area contributed by atoms with E-state index in [0.717, 1.165) is 24.8 Å². The van der Waals surface area contributed by atoms with E-state index < -0.39 is 5.82 Å². The van der Waals surface area contributed by atoms with E-state index in [0.29, 0.717) is 22.2 Å². The van der Waals surface area contributed by atoms with Crippen LogP contribution < -0.4 is 5.32 Å². The van der Waals surface area contributed by atoms with Gasteiger partial charge in [-0.05, 0) is 72.4 Å². The molecule has 1 fully saturated rings. The molecule has 2 aromatic carbocycles. The van der Waals surface area contributed by atoms with Gasteiger partial charge in [0.1, 0.15) is 29.4 Å². The highest BCUT2D eigenvalue weighted by molar-refractivity contribution is 14.1. The summed E-state index contributed by atoms with van der Waals surface area (Å²) in [5.41, 5.74) is 1.66. The summed E-state index contributed by atoms with van der Waals surface area (Å²) in [7, 11) is 0. The number of ether oxygens (including phenoxy) is 1. The van der Waals surface area contributed by atoms with Crippen LogP contribution in [0.5, 0.6) is 0 Å². The van der Waals surface area contributed by atoms with E-state index in [-0.39, 0.29) is 47.3 Å². The van der Waals surface area contributed by atoms with Gasteiger partial charge >= 0.3 is 5.97 Å². The zero-order valence-electron chi connectivity index (χ0n) is 18.9. The molecule has 0 spiro atoms. The summed E-state index contributed by atoms with van der Waals surface area (Å²) in [5.74, 6) is -0.556. The first-order valence-electron chi connectivity index (χ1n) is 11.3. The van der Waals surface area contributed by atoms with Crippen molar-refractivity contribution in [3.63, 3.8) is 0 Å². The van der Waals surface area contributed by atoms with Crippen LogP contribution in [0.15, 0.2) is 53.1 Å². The predicted octanol–water partition coefficient (Wildman–Crippen LogP) is 5.82. The third-order valence-electron chi connectivity index (χ3n) is 6.11. The number of nitrogens with one attached hydrogen (secondary N) is 1. The van der Waals surface area contributed by atoms with Crippen LogP contribution in [0.2, 0.25) is 0 Å². The van der Waals surface area contributed by atoms with Crippen molar-refractivity contribution in [2.75, 3.05) is 0 Å². The SMILES string of the molecule is Cc1onc(-c2c(F)cccc2I)c1C(=O)NC1CCCC(CC(=O)OCc2ccccc2)C1. The molecule has 3 aromatic rings. The van der Waals surface area contributed by atoms with Crippen LogP contribution in [-0.4, -0.2) is 23.1 Å². The fourth-order valence-electron chi connectivity index (χ4n) is 4.43. The van der Waals surface area contributed by atoms with E-state index in [1.807, 2.05) is 52.9 Å². The molecule has 0 radical (unpaired) electrons. The van der Waals surface area contributed by atoms with E-state index in [9.17, 15) is 14.0 Å². The maximum absolute atomic E-state index is 14.5. The minimum Gasteiger partial charge on any atom is -0.461 e. The summed E-state index contributed by atoms with van der Waals surface area (Å²) in [6.45, 7) is 1.91. The highest BCUT2D eigenvalue weighted by Crippen LogP contribution is 2.32. The number of carbonyl (C=O) groups excluding carboxylic acids is 2. The first kappa shape index (κ1) is 24.4. The van der Waals surface area contributed by atoms with Crippen molar-refractivity contribution in [2.24, 2.45) is 5.92 Å². The molecule has 34 heavy (non-hydrogen) atoms. The minimum atomic E-state index is -0.457. The predicted molar refractivity (Wildman–Crippen MR) is 133 cm³/mol. The number of benzene rings is 2. The zero-order chi connectivity index (χ0) is 24.1. The summed E-state index contributed by atoms with van der Waals surface area (Å²) in [4.78, 5) is 25.5. The topological polar surface area (TPSA) is 81.4 Å². The average Bonchev–Trinajstić information content (AvgIpc) is 3.19. The van der Waals surface area contributed by atoms with Crippen molar-refractivity contribution in [3.05, 3.63) is 74.8 Å². The van der Waals surface area contributed by atoms with Crippen LogP contribution in [0.3, 0.4) is 0 Å². The molecular weight excluding hydrogens is 550 g/mol. The van der Waals surface area contributed by atoms with Crippen molar-refractivity contribution in [1.82, 2.24) is 10.5 Å². The van der Waals surface area contributed by atoms with Crippen LogP contribution in [0, 0.1) is 22.2 Å². The molecular formula is C26H26FIN2O4. The van der Waals surface area contributed by atoms with Gasteiger partial charge < -0.3 is 14.6 Å². The van der Waals surface area contributed by atoms with Gasteiger partial charge in [0.25, 0.3) is 5.91 Å². The number of halogens is 2. The van der Waals surface area contributed by atoms with Crippen molar-refractivity contribution in [1.29, 1.82) is 0 Å².